The molecule has 0 aromatic heterocycles. The largest absolute Gasteiger partial charge is 0.338 e. The van der Waals surface area contributed by atoms with E-state index in [9.17, 15) is 9.59 Å². The van der Waals surface area contributed by atoms with Crippen molar-refractivity contribution in [1.82, 2.24) is 10.2 Å². The van der Waals surface area contributed by atoms with Gasteiger partial charge in [0.2, 0.25) is 5.91 Å². The molecule has 1 heterocycles. The highest BCUT2D eigenvalue weighted by atomic mass is 16.2. The number of urea groups is 1. The van der Waals surface area contributed by atoms with E-state index in [4.69, 9.17) is 0 Å². The molecular weight excluding hydrogens is 290 g/mol. The van der Waals surface area contributed by atoms with Crippen LogP contribution in [0.2, 0.25) is 0 Å². The minimum Gasteiger partial charge on any atom is -0.338 e. The lowest BCUT2D eigenvalue weighted by molar-refractivity contribution is -0.133. The predicted octanol–water partition coefficient (Wildman–Crippen LogP) is 3.37. The maximum absolute atomic E-state index is 11.9. The third-order valence-electron chi connectivity index (χ3n) is 3.99. The second kappa shape index (κ2) is 8.56. The molecule has 2 rings (SSSR count). The summed E-state index contributed by atoms with van der Waals surface area (Å²) in [5.41, 5.74) is 1.80. The highest BCUT2D eigenvalue weighted by molar-refractivity contribution is 5.89. The maximum Gasteiger partial charge on any atom is 0.319 e. The number of likely N-dealkylation sites (tertiary alicyclic amines) is 1. The fourth-order valence-electron chi connectivity index (χ4n) is 2.65. The number of hydrogen-bond donors (Lipinski definition) is 2. The van der Waals surface area contributed by atoms with Crippen LogP contribution in [0.5, 0.6) is 0 Å². The second-order valence-electron chi connectivity index (χ2n) is 6.54. The molecule has 23 heavy (non-hydrogen) atoms. The number of hydrogen-bond acceptors (Lipinski definition) is 2. The summed E-state index contributed by atoms with van der Waals surface area (Å²) in [7, 11) is 0. The van der Waals surface area contributed by atoms with Crippen molar-refractivity contribution in [3.8, 4) is 0 Å². The first-order valence-electron chi connectivity index (χ1n) is 8.46. The molecule has 1 aromatic rings. The zero-order valence-electron chi connectivity index (χ0n) is 14.1. The second-order valence-corrected chi connectivity index (χ2v) is 6.54. The number of amides is 3. The smallest absolute Gasteiger partial charge is 0.319 e. The first kappa shape index (κ1) is 17.3. The molecule has 5 nitrogen and oxygen atoms in total. The highest BCUT2D eigenvalue weighted by Gasteiger charge is 2.18. The molecule has 1 aliphatic heterocycles. The van der Waals surface area contributed by atoms with Crippen molar-refractivity contribution in [3.05, 3.63) is 29.8 Å². The van der Waals surface area contributed by atoms with Gasteiger partial charge >= 0.3 is 6.03 Å². The molecular formula is C18H27N3O2. The van der Waals surface area contributed by atoms with Crippen LogP contribution in [0.25, 0.3) is 0 Å². The van der Waals surface area contributed by atoms with Crippen LogP contribution in [0.1, 0.15) is 45.1 Å². The van der Waals surface area contributed by atoms with Crippen molar-refractivity contribution in [2.24, 2.45) is 5.92 Å². The third kappa shape index (κ3) is 5.93. The summed E-state index contributed by atoms with van der Waals surface area (Å²) in [5.74, 6) is 0.793. The molecule has 0 bridgehead atoms. The molecule has 3 amide bonds. The molecule has 0 atom stereocenters. The predicted molar refractivity (Wildman–Crippen MR) is 92.2 cm³/mol. The van der Waals surface area contributed by atoms with Crippen LogP contribution >= 0.6 is 0 Å². The van der Waals surface area contributed by atoms with E-state index in [0.717, 1.165) is 37.1 Å². The summed E-state index contributed by atoms with van der Waals surface area (Å²) < 4.78 is 0. The Morgan fingerprint density at radius 2 is 2.13 bits per heavy atom. The monoisotopic (exact) mass is 317 g/mol. The van der Waals surface area contributed by atoms with Crippen molar-refractivity contribution in [2.45, 2.75) is 46.1 Å². The van der Waals surface area contributed by atoms with Gasteiger partial charge in [0, 0.05) is 31.7 Å². The molecule has 0 spiro atoms. The van der Waals surface area contributed by atoms with E-state index >= 15 is 0 Å². The summed E-state index contributed by atoms with van der Waals surface area (Å²) in [4.78, 5) is 25.6. The van der Waals surface area contributed by atoms with E-state index in [2.05, 4.69) is 24.5 Å². The van der Waals surface area contributed by atoms with Gasteiger partial charge in [0.05, 0.1) is 0 Å². The zero-order valence-corrected chi connectivity index (χ0v) is 14.1. The van der Waals surface area contributed by atoms with Crippen molar-refractivity contribution in [1.29, 1.82) is 0 Å². The lowest BCUT2D eigenvalue weighted by atomic mass is 10.1. The Kier molecular flexibility index (Phi) is 6.44. The van der Waals surface area contributed by atoms with Crippen LogP contribution in [0.15, 0.2) is 24.3 Å². The quantitative estimate of drug-likeness (QED) is 0.845. The normalized spacial score (nSPS) is 14.9. The van der Waals surface area contributed by atoms with Gasteiger partial charge in [-0.15, -0.1) is 0 Å². The summed E-state index contributed by atoms with van der Waals surface area (Å²) in [6.45, 7) is 6.37. The van der Waals surface area contributed by atoms with Crippen LogP contribution in [0, 0.1) is 5.92 Å². The summed E-state index contributed by atoms with van der Waals surface area (Å²) in [6.07, 6.45) is 3.68. The minimum absolute atomic E-state index is 0.183. The number of piperidine rings is 1. The Labute approximate surface area is 138 Å². The molecule has 126 valence electrons. The SMILES string of the molecule is CC(C)CCNC(=O)Nc1cccc(CN2CCCCC2=O)c1. The number of carbonyl (C=O) groups is 2. The van der Waals surface area contributed by atoms with Crippen molar-refractivity contribution in [2.75, 3.05) is 18.4 Å². The zero-order chi connectivity index (χ0) is 16.7. The third-order valence-corrected chi connectivity index (χ3v) is 3.99. The topological polar surface area (TPSA) is 61.4 Å². The fourth-order valence-corrected chi connectivity index (χ4v) is 2.65. The molecule has 0 aliphatic carbocycles. The lowest BCUT2D eigenvalue weighted by Crippen LogP contribution is -2.34. The molecule has 1 aliphatic rings. The lowest BCUT2D eigenvalue weighted by Gasteiger charge is -2.26. The molecule has 0 unspecified atom stereocenters. The first-order valence-corrected chi connectivity index (χ1v) is 8.46. The molecule has 1 aromatic carbocycles. The Bertz CT molecular complexity index is 543. The first-order chi connectivity index (χ1) is 11.0. The van der Waals surface area contributed by atoms with Crippen LogP contribution in [-0.4, -0.2) is 29.9 Å². The van der Waals surface area contributed by atoms with E-state index in [1.54, 1.807) is 0 Å². The molecule has 1 fully saturated rings. The van der Waals surface area contributed by atoms with Crippen LogP contribution in [0.3, 0.4) is 0 Å². The van der Waals surface area contributed by atoms with Gasteiger partial charge in [0.25, 0.3) is 0 Å². The number of anilines is 1. The van der Waals surface area contributed by atoms with Gasteiger partial charge < -0.3 is 15.5 Å². The van der Waals surface area contributed by atoms with E-state index in [-0.39, 0.29) is 11.9 Å². The summed E-state index contributed by atoms with van der Waals surface area (Å²) in [6, 6.07) is 7.52. The van der Waals surface area contributed by atoms with E-state index in [1.807, 2.05) is 29.2 Å². The van der Waals surface area contributed by atoms with E-state index in [1.165, 1.54) is 0 Å². The van der Waals surface area contributed by atoms with Gasteiger partial charge in [-0.25, -0.2) is 4.79 Å². The van der Waals surface area contributed by atoms with Crippen LogP contribution < -0.4 is 10.6 Å². The Morgan fingerprint density at radius 3 is 2.87 bits per heavy atom. The summed E-state index contributed by atoms with van der Waals surface area (Å²) >= 11 is 0. The maximum atomic E-state index is 11.9. The van der Waals surface area contributed by atoms with Crippen LogP contribution in [0.4, 0.5) is 10.5 Å². The molecule has 0 radical (unpaired) electrons. The number of nitrogens with zero attached hydrogens (tertiary/aromatic N) is 1. The number of rotatable bonds is 6. The van der Waals surface area contributed by atoms with E-state index in [0.29, 0.717) is 25.4 Å². The summed E-state index contributed by atoms with van der Waals surface area (Å²) in [5, 5.41) is 5.71. The van der Waals surface area contributed by atoms with Gasteiger partial charge in [0.1, 0.15) is 0 Å². The fraction of sp³-hybridized carbons (Fsp3) is 0.556. The van der Waals surface area contributed by atoms with Gasteiger partial charge in [-0.05, 0) is 42.9 Å². The van der Waals surface area contributed by atoms with Gasteiger partial charge in [-0.2, -0.15) is 0 Å². The average molecular weight is 317 g/mol. The Morgan fingerprint density at radius 1 is 1.30 bits per heavy atom. The van der Waals surface area contributed by atoms with Gasteiger partial charge in [-0.3, -0.25) is 4.79 Å². The average Bonchev–Trinajstić information content (AvgIpc) is 2.49. The number of carbonyl (C=O) groups excluding carboxylic acids is 2. The van der Waals surface area contributed by atoms with Crippen molar-refractivity contribution < 1.29 is 9.59 Å². The van der Waals surface area contributed by atoms with Crippen molar-refractivity contribution >= 4 is 17.6 Å². The standard InChI is InChI=1S/C18H27N3O2/c1-14(2)9-10-19-18(23)20-16-7-5-6-15(12-16)13-21-11-4-3-8-17(21)22/h5-7,12,14H,3-4,8-11,13H2,1-2H3,(H2,19,20,23). The molecule has 0 saturated carbocycles. The van der Waals surface area contributed by atoms with Crippen molar-refractivity contribution in [3.63, 3.8) is 0 Å². The Hall–Kier alpha value is -2.04. The molecule has 2 N–H and O–H groups in total. The number of nitrogens with one attached hydrogen (secondary N) is 2. The Balaban J connectivity index is 1.86. The molecule has 1 saturated heterocycles. The number of benzene rings is 1. The minimum atomic E-state index is -0.183. The van der Waals surface area contributed by atoms with Crippen LogP contribution in [-0.2, 0) is 11.3 Å². The van der Waals surface area contributed by atoms with E-state index < -0.39 is 0 Å². The van der Waals surface area contributed by atoms with Gasteiger partial charge in [-0.1, -0.05) is 26.0 Å². The molecule has 5 heteroatoms. The highest BCUT2D eigenvalue weighted by Crippen LogP contribution is 2.17. The van der Waals surface area contributed by atoms with Gasteiger partial charge in [0.15, 0.2) is 0 Å².